The van der Waals surface area contributed by atoms with Crippen molar-refractivity contribution in [3.05, 3.63) is 59.7 Å². The van der Waals surface area contributed by atoms with Crippen LogP contribution in [0.2, 0.25) is 0 Å². The molecule has 2 rings (SSSR count). The number of primary amides is 2. The first-order valence-electron chi connectivity index (χ1n) is 6.21. The Balaban J connectivity index is 2.38. The SMILES string of the molecule is CP(=O)(c1ccc(C(N)=O)cc1)c1ccc(C(N)=O)cc1. The van der Waals surface area contributed by atoms with Crippen LogP contribution in [0.3, 0.4) is 0 Å². The lowest BCUT2D eigenvalue weighted by Crippen LogP contribution is -2.18. The molecule has 2 amide bonds. The van der Waals surface area contributed by atoms with E-state index in [9.17, 15) is 14.2 Å². The van der Waals surface area contributed by atoms with Crippen molar-refractivity contribution >= 4 is 29.6 Å². The number of hydrogen-bond donors (Lipinski definition) is 2. The second kappa shape index (κ2) is 5.54. The van der Waals surface area contributed by atoms with Crippen LogP contribution in [0.5, 0.6) is 0 Å². The van der Waals surface area contributed by atoms with E-state index in [0.29, 0.717) is 21.7 Å². The van der Waals surface area contributed by atoms with Gasteiger partial charge in [-0.2, -0.15) is 0 Å². The third-order valence-corrected chi connectivity index (χ3v) is 5.86. The van der Waals surface area contributed by atoms with E-state index < -0.39 is 19.0 Å². The van der Waals surface area contributed by atoms with Crippen molar-refractivity contribution in [3.63, 3.8) is 0 Å². The van der Waals surface area contributed by atoms with Crippen LogP contribution in [-0.2, 0) is 4.57 Å². The Morgan fingerprint density at radius 3 is 1.29 bits per heavy atom. The summed E-state index contributed by atoms with van der Waals surface area (Å²) >= 11 is 0. The minimum Gasteiger partial charge on any atom is -0.366 e. The molecule has 0 fully saturated rings. The molecule has 4 N–H and O–H groups in total. The zero-order valence-corrected chi connectivity index (χ0v) is 12.3. The molecule has 0 atom stereocenters. The lowest BCUT2D eigenvalue weighted by Gasteiger charge is -2.14. The lowest BCUT2D eigenvalue weighted by atomic mass is 10.2. The Labute approximate surface area is 122 Å². The average Bonchev–Trinajstić information content (AvgIpc) is 2.47. The molecule has 0 aliphatic carbocycles. The van der Waals surface area contributed by atoms with Crippen LogP contribution in [0.15, 0.2) is 48.5 Å². The van der Waals surface area contributed by atoms with Crippen molar-refractivity contribution in [2.45, 2.75) is 0 Å². The number of hydrogen-bond acceptors (Lipinski definition) is 3. The molecule has 21 heavy (non-hydrogen) atoms. The molecule has 0 bridgehead atoms. The number of nitrogens with two attached hydrogens (primary N) is 2. The quantitative estimate of drug-likeness (QED) is 0.817. The van der Waals surface area contributed by atoms with E-state index in [1.54, 1.807) is 55.2 Å². The Bertz CT molecular complexity index is 675. The highest BCUT2D eigenvalue weighted by Gasteiger charge is 2.21. The number of carbonyl (C=O) groups is 2. The molecular formula is C15H15N2O3P. The van der Waals surface area contributed by atoms with Crippen molar-refractivity contribution in [2.75, 3.05) is 6.66 Å². The maximum absolute atomic E-state index is 12.9. The largest absolute Gasteiger partial charge is 0.366 e. The van der Waals surface area contributed by atoms with Gasteiger partial charge in [-0.1, -0.05) is 24.3 Å². The van der Waals surface area contributed by atoms with Crippen LogP contribution in [0.25, 0.3) is 0 Å². The molecule has 2 aromatic carbocycles. The van der Waals surface area contributed by atoms with Gasteiger partial charge in [0.05, 0.1) is 0 Å². The summed E-state index contributed by atoms with van der Waals surface area (Å²) in [5.74, 6) is -1.06. The molecular weight excluding hydrogens is 287 g/mol. The molecule has 2 aromatic rings. The van der Waals surface area contributed by atoms with Crippen LogP contribution in [-0.4, -0.2) is 18.5 Å². The van der Waals surface area contributed by atoms with Gasteiger partial charge in [0.1, 0.15) is 7.14 Å². The molecule has 5 nitrogen and oxygen atoms in total. The van der Waals surface area contributed by atoms with Crippen LogP contribution in [0, 0.1) is 0 Å². The number of benzene rings is 2. The first kappa shape index (κ1) is 15.0. The predicted molar refractivity (Wildman–Crippen MR) is 82.7 cm³/mol. The van der Waals surface area contributed by atoms with Gasteiger partial charge in [-0.05, 0) is 30.9 Å². The van der Waals surface area contributed by atoms with E-state index in [1.807, 2.05) is 0 Å². The molecule has 0 heterocycles. The van der Waals surface area contributed by atoms with E-state index in [2.05, 4.69) is 0 Å². The van der Waals surface area contributed by atoms with Crippen LogP contribution in [0.4, 0.5) is 0 Å². The minimum atomic E-state index is -2.80. The maximum atomic E-state index is 12.9. The molecule has 108 valence electrons. The first-order chi connectivity index (χ1) is 9.82. The van der Waals surface area contributed by atoms with E-state index in [1.165, 1.54) is 0 Å². The fourth-order valence-electron chi connectivity index (χ4n) is 1.97. The number of carbonyl (C=O) groups excluding carboxylic acids is 2. The summed E-state index contributed by atoms with van der Waals surface area (Å²) in [7, 11) is -2.80. The summed E-state index contributed by atoms with van der Waals surface area (Å²) in [5.41, 5.74) is 11.1. The summed E-state index contributed by atoms with van der Waals surface area (Å²) < 4.78 is 12.9. The van der Waals surface area contributed by atoms with E-state index >= 15 is 0 Å². The van der Waals surface area contributed by atoms with E-state index in [-0.39, 0.29) is 0 Å². The van der Waals surface area contributed by atoms with Gasteiger partial charge in [0.2, 0.25) is 11.8 Å². The summed E-state index contributed by atoms with van der Waals surface area (Å²) in [5, 5.41) is 1.22. The van der Waals surface area contributed by atoms with Crippen molar-refractivity contribution in [1.82, 2.24) is 0 Å². The molecule has 0 aliphatic rings. The first-order valence-corrected chi connectivity index (χ1v) is 8.36. The van der Waals surface area contributed by atoms with Gasteiger partial charge < -0.3 is 16.0 Å². The second-order valence-corrected chi connectivity index (χ2v) is 7.63. The summed E-state index contributed by atoms with van der Waals surface area (Å²) in [6, 6.07) is 12.7. The highest BCUT2D eigenvalue weighted by molar-refractivity contribution is 7.78. The molecule has 0 aromatic heterocycles. The van der Waals surface area contributed by atoms with Crippen molar-refractivity contribution < 1.29 is 14.2 Å². The fraction of sp³-hybridized carbons (Fsp3) is 0.0667. The Morgan fingerprint density at radius 1 is 0.762 bits per heavy atom. The highest BCUT2D eigenvalue weighted by Crippen LogP contribution is 2.38. The van der Waals surface area contributed by atoms with Gasteiger partial charge >= 0.3 is 0 Å². The van der Waals surface area contributed by atoms with Crippen LogP contribution in [0.1, 0.15) is 20.7 Å². The standard InChI is InChI=1S/C15H15N2O3P/c1-21(20,12-6-2-10(3-7-12)14(16)18)13-8-4-11(5-9-13)15(17)19/h2-9H,1H3,(H2,16,18)(H2,17,19). The Morgan fingerprint density at radius 2 is 1.05 bits per heavy atom. The van der Waals surface area contributed by atoms with Gasteiger partial charge in [-0.25, -0.2) is 0 Å². The van der Waals surface area contributed by atoms with Gasteiger partial charge in [0, 0.05) is 21.7 Å². The summed E-state index contributed by atoms with van der Waals surface area (Å²) in [6.07, 6.45) is 0. The highest BCUT2D eigenvalue weighted by atomic mass is 31.2. The number of amides is 2. The smallest absolute Gasteiger partial charge is 0.248 e. The molecule has 0 radical (unpaired) electrons. The van der Waals surface area contributed by atoms with Crippen LogP contribution >= 0.6 is 7.14 Å². The molecule has 0 aliphatic heterocycles. The van der Waals surface area contributed by atoms with Crippen molar-refractivity contribution in [1.29, 1.82) is 0 Å². The summed E-state index contributed by atoms with van der Waals surface area (Å²) in [6.45, 7) is 1.63. The van der Waals surface area contributed by atoms with Gasteiger partial charge in [-0.15, -0.1) is 0 Å². The fourth-order valence-corrected chi connectivity index (χ4v) is 3.70. The number of rotatable bonds is 4. The van der Waals surface area contributed by atoms with E-state index in [0.717, 1.165) is 0 Å². The van der Waals surface area contributed by atoms with E-state index in [4.69, 9.17) is 11.5 Å². The second-order valence-electron chi connectivity index (χ2n) is 4.75. The zero-order chi connectivity index (χ0) is 15.6. The normalized spacial score (nSPS) is 11.1. The lowest BCUT2D eigenvalue weighted by molar-refractivity contribution is 0.0992. The maximum Gasteiger partial charge on any atom is 0.248 e. The summed E-state index contributed by atoms with van der Waals surface area (Å²) in [4.78, 5) is 22.1. The average molecular weight is 302 g/mol. The minimum absolute atomic E-state index is 0.364. The monoisotopic (exact) mass is 302 g/mol. The molecule has 6 heteroatoms. The Kier molecular flexibility index (Phi) is 3.96. The molecule has 0 saturated heterocycles. The van der Waals surface area contributed by atoms with Crippen molar-refractivity contribution in [3.8, 4) is 0 Å². The predicted octanol–water partition coefficient (Wildman–Crippen LogP) is 0.828. The molecule has 0 saturated carbocycles. The van der Waals surface area contributed by atoms with Gasteiger partial charge in [-0.3, -0.25) is 9.59 Å². The van der Waals surface area contributed by atoms with Gasteiger partial charge in [0.15, 0.2) is 0 Å². The van der Waals surface area contributed by atoms with Crippen LogP contribution < -0.4 is 22.1 Å². The third kappa shape index (κ3) is 3.03. The zero-order valence-electron chi connectivity index (χ0n) is 11.4. The molecule has 0 unspecified atom stereocenters. The topological polar surface area (TPSA) is 103 Å². The van der Waals surface area contributed by atoms with Crippen molar-refractivity contribution in [2.24, 2.45) is 11.5 Å². The molecule has 0 spiro atoms. The van der Waals surface area contributed by atoms with Gasteiger partial charge in [0.25, 0.3) is 0 Å². The third-order valence-electron chi connectivity index (χ3n) is 3.29. The Hall–Kier alpha value is -2.39.